The zero-order valence-electron chi connectivity index (χ0n) is 17.0. The number of fused-ring (bicyclic) bond motifs is 1. The van der Waals surface area contributed by atoms with E-state index in [1.807, 2.05) is 24.4 Å². The normalized spacial score (nSPS) is 11.0. The van der Waals surface area contributed by atoms with Crippen molar-refractivity contribution in [3.8, 4) is 16.9 Å². The van der Waals surface area contributed by atoms with Crippen molar-refractivity contribution in [3.05, 3.63) is 95.7 Å². The van der Waals surface area contributed by atoms with E-state index in [1.54, 1.807) is 24.3 Å². The van der Waals surface area contributed by atoms with Gasteiger partial charge in [0.2, 0.25) is 0 Å². The summed E-state index contributed by atoms with van der Waals surface area (Å²) in [6.45, 7) is 4.79. The lowest BCUT2D eigenvalue weighted by molar-refractivity contribution is 0.0697. The third-order valence-electron chi connectivity index (χ3n) is 5.14. The van der Waals surface area contributed by atoms with Crippen LogP contribution >= 0.6 is 0 Å². The third-order valence-corrected chi connectivity index (χ3v) is 5.14. The summed E-state index contributed by atoms with van der Waals surface area (Å²) in [4.78, 5) is 15.6. The molecule has 4 nitrogen and oxygen atoms in total. The standard InChI is InChI=1S/C26H23NO3/c1-17(2)22-14-21-7-4-12-27-25(21)24(15-22)20-6-3-5-18(13-20)16-30-23-10-8-19(9-11-23)26(28)29/h3-15,17H,16H2,1-2H3,(H,28,29). The molecule has 0 fully saturated rings. The fraction of sp³-hybridized carbons (Fsp3) is 0.154. The Bertz CT molecular complexity index is 1200. The second-order valence-electron chi connectivity index (χ2n) is 7.62. The molecule has 4 aromatic rings. The van der Waals surface area contributed by atoms with Crippen molar-refractivity contribution < 1.29 is 14.6 Å². The zero-order valence-corrected chi connectivity index (χ0v) is 17.0. The van der Waals surface area contributed by atoms with E-state index in [4.69, 9.17) is 9.84 Å². The zero-order chi connectivity index (χ0) is 21.1. The van der Waals surface area contributed by atoms with E-state index >= 15 is 0 Å². The summed E-state index contributed by atoms with van der Waals surface area (Å²) in [5.74, 6) is 0.117. The Labute approximate surface area is 175 Å². The lowest BCUT2D eigenvalue weighted by Gasteiger charge is -2.13. The fourth-order valence-corrected chi connectivity index (χ4v) is 3.46. The quantitative estimate of drug-likeness (QED) is 0.415. The average molecular weight is 397 g/mol. The van der Waals surface area contributed by atoms with Crippen molar-refractivity contribution in [1.29, 1.82) is 0 Å². The molecule has 1 N–H and O–H groups in total. The van der Waals surface area contributed by atoms with Crippen LogP contribution in [0, 0.1) is 0 Å². The number of hydrogen-bond donors (Lipinski definition) is 1. The number of nitrogens with zero attached hydrogens (tertiary/aromatic N) is 1. The number of rotatable bonds is 6. The van der Waals surface area contributed by atoms with Crippen LogP contribution in [0.5, 0.6) is 5.75 Å². The van der Waals surface area contributed by atoms with E-state index in [9.17, 15) is 4.79 Å². The van der Waals surface area contributed by atoms with E-state index < -0.39 is 5.97 Å². The lowest BCUT2D eigenvalue weighted by atomic mass is 9.93. The molecule has 4 heteroatoms. The number of carbonyl (C=O) groups is 1. The fourth-order valence-electron chi connectivity index (χ4n) is 3.46. The lowest BCUT2D eigenvalue weighted by Crippen LogP contribution is -1.98. The van der Waals surface area contributed by atoms with Gasteiger partial charge in [-0.3, -0.25) is 4.98 Å². The Balaban J connectivity index is 1.63. The number of carboxylic acids is 1. The highest BCUT2D eigenvalue weighted by atomic mass is 16.5. The minimum Gasteiger partial charge on any atom is -0.489 e. The number of carboxylic acid groups (broad SMARTS) is 1. The molecule has 1 heterocycles. The monoisotopic (exact) mass is 397 g/mol. The highest BCUT2D eigenvalue weighted by Crippen LogP contribution is 2.32. The molecule has 0 aliphatic carbocycles. The molecule has 0 atom stereocenters. The summed E-state index contributed by atoms with van der Waals surface area (Å²) in [6.07, 6.45) is 1.83. The predicted octanol–water partition coefficient (Wildman–Crippen LogP) is 6.30. The molecule has 3 aromatic carbocycles. The van der Waals surface area contributed by atoms with Crippen LogP contribution in [0.1, 0.15) is 41.3 Å². The minimum atomic E-state index is -0.946. The van der Waals surface area contributed by atoms with Gasteiger partial charge in [-0.15, -0.1) is 0 Å². The van der Waals surface area contributed by atoms with Crippen molar-refractivity contribution in [1.82, 2.24) is 4.98 Å². The van der Waals surface area contributed by atoms with Gasteiger partial charge in [0, 0.05) is 17.1 Å². The van der Waals surface area contributed by atoms with Gasteiger partial charge in [-0.2, -0.15) is 0 Å². The topological polar surface area (TPSA) is 59.4 Å². The van der Waals surface area contributed by atoms with Crippen LogP contribution in [0.4, 0.5) is 0 Å². The van der Waals surface area contributed by atoms with Crippen molar-refractivity contribution in [2.45, 2.75) is 26.4 Å². The number of benzene rings is 3. The van der Waals surface area contributed by atoms with Gasteiger partial charge in [0.25, 0.3) is 0 Å². The average Bonchev–Trinajstić information content (AvgIpc) is 2.77. The maximum Gasteiger partial charge on any atom is 0.335 e. The molecule has 0 aliphatic heterocycles. The number of pyridine rings is 1. The van der Waals surface area contributed by atoms with Crippen LogP contribution in [-0.4, -0.2) is 16.1 Å². The number of ether oxygens (including phenoxy) is 1. The van der Waals surface area contributed by atoms with E-state index in [-0.39, 0.29) is 5.56 Å². The molecule has 4 rings (SSSR count). The Morgan fingerprint density at radius 1 is 1.00 bits per heavy atom. The van der Waals surface area contributed by atoms with Crippen molar-refractivity contribution in [3.63, 3.8) is 0 Å². The smallest absolute Gasteiger partial charge is 0.335 e. The maximum absolute atomic E-state index is 11.0. The second kappa shape index (κ2) is 8.37. The summed E-state index contributed by atoms with van der Waals surface area (Å²) in [7, 11) is 0. The van der Waals surface area contributed by atoms with Gasteiger partial charge in [-0.1, -0.05) is 38.1 Å². The Hall–Kier alpha value is -3.66. The summed E-state index contributed by atoms with van der Waals surface area (Å²) in [5, 5.41) is 10.1. The van der Waals surface area contributed by atoms with Crippen molar-refractivity contribution in [2.24, 2.45) is 0 Å². The van der Waals surface area contributed by atoms with Crippen LogP contribution in [0.25, 0.3) is 22.0 Å². The summed E-state index contributed by atoms with van der Waals surface area (Å²) >= 11 is 0. The maximum atomic E-state index is 11.0. The van der Waals surface area contributed by atoms with E-state index in [2.05, 4.69) is 49.2 Å². The first-order chi connectivity index (χ1) is 14.5. The van der Waals surface area contributed by atoms with Gasteiger partial charge in [-0.05, 0) is 71.1 Å². The minimum absolute atomic E-state index is 0.244. The summed E-state index contributed by atoms with van der Waals surface area (Å²) in [6, 6.07) is 23.2. The first-order valence-corrected chi connectivity index (χ1v) is 9.95. The van der Waals surface area contributed by atoms with Gasteiger partial charge < -0.3 is 9.84 Å². The molecule has 30 heavy (non-hydrogen) atoms. The number of hydrogen-bond acceptors (Lipinski definition) is 3. The van der Waals surface area contributed by atoms with Gasteiger partial charge in [-0.25, -0.2) is 4.79 Å². The molecule has 0 amide bonds. The molecule has 1 aromatic heterocycles. The van der Waals surface area contributed by atoms with Crippen molar-refractivity contribution in [2.75, 3.05) is 0 Å². The summed E-state index contributed by atoms with van der Waals surface area (Å²) in [5.41, 5.74) is 5.77. The van der Waals surface area contributed by atoms with Gasteiger partial charge >= 0.3 is 5.97 Å². The molecule has 0 aliphatic rings. The summed E-state index contributed by atoms with van der Waals surface area (Å²) < 4.78 is 5.86. The highest BCUT2D eigenvalue weighted by Gasteiger charge is 2.10. The van der Waals surface area contributed by atoms with Crippen LogP contribution in [0.15, 0.2) is 79.0 Å². The van der Waals surface area contributed by atoms with E-state index in [0.717, 1.165) is 27.6 Å². The Kier molecular flexibility index (Phi) is 5.48. The molecular formula is C26H23NO3. The van der Waals surface area contributed by atoms with Gasteiger partial charge in [0.05, 0.1) is 11.1 Å². The SMILES string of the molecule is CC(C)c1cc(-c2cccc(COc3ccc(C(=O)O)cc3)c2)c2ncccc2c1. The van der Waals surface area contributed by atoms with Crippen molar-refractivity contribution >= 4 is 16.9 Å². The van der Waals surface area contributed by atoms with Gasteiger partial charge in [0.15, 0.2) is 0 Å². The molecule has 0 radical (unpaired) electrons. The van der Waals surface area contributed by atoms with Crippen LogP contribution in [0.2, 0.25) is 0 Å². The number of aromatic carboxylic acids is 1. The molecule has 150 valence electrons. The number of aromatic nitrogens is 1. The molecular weight excluding hydrogens is 374 g/mol. The van der Waals surface area contributed by atoms with E-state index in [0.29, 0.717) is 18.3 Å². The molecule has 0 unspecified atom stereocenters. The Morgan fingerprint density at radius 3 is 2.53 bits per heavy atom. The second-order valence-corrected chi connectivity index (χ2v) is 7.62. The third kappa shape index (κ3) is 4.18. The van der Waals surface area contributed by atoms with Gasteiger partial charge in [0.1, 0.15) is 12.4 Å². The van der Waals surface area contributed by atoms with Crippen LogP contribution < -0.4 is 4.74 Å². The first-order valence-electron chi connectivity index (χ1n) is 9.95. The van der Waals surface area contributed by atoms with Crippen LogP contribution in [-0.2, 0) is 6.61 Å². The molecule has 0 bridgehead atoms. The highest BCUT2D eigenvalue weighted by molar-refractivity contribution is 5.94. The van der Waals surface area contributed by atoms with E-state index in [1.165, 1.54) is 5.56 Å². The molecule has 0 saturated carbocycles. The predicted molar refractivity (Wildman–Crippen MR) is 119 cm³/mol. The first kappa shape index (κ1) is 19.6. The Morgan fingerprint density at radius 2 is 1.80 bits per heavy atom. The molecule has 0 saturated heterocycles. The molecule has 0 spiro atoms. The largest absolute Gasteiger partial charge is 0.489 e. The van der Waals surface area contributed by atoms with Crippen LogP contribution in [0.3, 0.4) is 0 Å².